The molecule has 398 valence electrons. The van der Waals surface area contributed by atoms with E-state index in [0.717, 1.165) is 0 Å². The van der Waals surface area contributed by atoms with Crippen molar-refractivity contribution >= 4 is 67.1 Å². The second kappa shape index (κ2) is 22.3. The molecule has 0 aliphatic heterocycles. The zero-order valence-corrected chi connectivity index (χ0v) is 48.6. The molecule has 0 heterocycles. The van der Waals surface area contributed by atoms with Gasteiger partial charge in [-0.15, -0.1) is 0 Å². The van der Waals surface area contributed by atoms with E-state index in [2.05, 4.69) is 341 Å². The molecule has 84 heavy (non-hydrogen) atoms. The number of fused-ring (bicyclic) bond motifs is 5. The lowest BCUT2D eigenvalue weighted by molar-refractivity contribution is 1.60. The summed E-state index contributed by atoms with van der Waals surface area (Å²) < 4.78 is 0. The van der Waals surface area contributed by atoms with Crippen molar-refractivity contribution in [2.75, 3.05) is 0 Å². The van der Waals surface area contributed by atoms with E-state index < -0.39 is 8.07 Å². The summed E-state index contributed by atoms with van der Waals surface area (Å²) in [6.07, 6.45) is 0. The van der Waals surface area contributed by atoms with Crippen molar-refractivity contribution < 1.29 is 0 Å². The van der Waals surface area contributed by atoms with E-state index in [0.29, 0.717) is 0 Å². The van der Waals surface area contributed by atoms with Crippen LogP contribution in [0.4, 0.5) is 0 Å². The van der Waals surface area contributed by atoms with Gasteiger partial charge in [-0.25, -0.2) is 0 Å². The van der Waals surface area contributed by atoms with Crippen LogP contribution in [0.1, 0.15) is 0 Å². The van der Waals surface area contributed by atoms with Crippen molar-refractivity contribution in [3.05, 3.63) is 322 Å². The molecule has 0 saturated carbocycles. The maximum Gasteiger partial charge on any atom is 0.0776 e. The molecule has 15 aromatic carbocycles. The quantitative estimate of drug-likeness (QED) is 0.0998. The van der Waals surface area contributed by atoms with Crippen LogP contribution in [0.5, 0.6) is 0 Å². The smallest absolute Gasteiger partial charge is 0.0656 e. The second-order valence-corrected chi connectivity index (χ2v) is 28.2. The Morgan fingerprint density at radius 1 is 0.179 bits per heavy atom. The molecule has 0 aliphatic rings. The van der Waals surface area contributed by atoms with Crippen molar-refractivity contribution in [3.8, 4) is 89.0 Å². The maximum atomic E-state index is 2.41. The number of hydrogen-bond acceptors (Lipinski definition) is 0. The minimum Gasteiger partial charge on any atom is -0.0656 e. The molecule has 15 rings (SSSR count). The normalized spacial score (nSPS) is 11.5. The van der Waals surface area contributed by atoms with Gasteiger partial charge in [0, 0.05) is 0 Å². The highest BCUT2D eigenvalue weighted by Gasteiger charge is 2.21. The Bertz CT molecular complexity index is 4770. The molecule has 0 bridgehead atoms. The Morgan fingerprint density at radius 2 is 0.452 bits per heavy atom. The maximum absolute atomic E-state index is 2.41. The van der Waals surface area contributed by atoms with Gasteiger partial charge in [0.25, 0.3) is 0 Å². The van der Waals surface area contributed by atoms with E-state index in [1.807, 2.05) is 0 Å². The standard InChI is InChI=1S/C42H28.C41H34Si/c1-2-12-29(13-3-1)30-24-26-32(27-25-30)41-37-19-6-8-21-39(37)42(40-22-9-7-20-38(40)41)34-17-10-16-33(28-34)36-23-11-15-31-14-4-5-18-35(31)36;1-42(2,3)35-18-12-16-33(28-35)30-23-25-31(26-24-30)40-36-19-7-9-21-38(36)41(39-22-10-8-20-37(39)40)34-17-11-15-32(27-34)29-13-5-4-6-14-29/h1-28H;4-28H,1-3H3. The van der Waals surface area contributed by atoms with Gasteiger partial charge in [0.15, 0.2) is 0 Å². The van der Waals surface area contributed by atoms with E-state index in [-0.39, 0.29) is 0 Å². The zero-order chi connectivity index (χ0) is 56.6. The largest absolute Gasteiger partial charge is 0.0776 e. The summed E-state index contributed by atoms with van der Waals surface area (Å²) >= 11 is 0. The highest BCUT2D eigenvalue weighted by atomic mass is 28.3. The van der Waals surface area contributed by atoms with Crippen LogP contribution in [0.25, 0.3) is 143 Å². The highest BCUT2D eigenvalue weighted by Crippen LogP contribution is 2.47. The van der Waals surface area contributed by atoms with Gasteiger partial charge in [0.2, 0.25) is 0 Å². The van der Waals surface area contributed by atoms with Crippen LogP contribution in [-0.2, 0) is 0 Å². The molecule has 0 N–H and O–H groups in total. The highest BCUT2D eigenvalue weighted by molar-refractivity contribution is 6.88. The third-order valence-corrected chi connectivity index (χ3v) is 18.9. The van der Waals surface area contributed by atoms with Gasteiger partial charge in [0.05, 0.1) is 8.07 Å². The first-order valence-corrected chi connectivity index (χ1v) is 32.8. The molecule has 0 unspecified atom stereocenters. The van der Waals surface area contributed by atoms with Gasteiger partial charge in [-0.05, 0) is 155 Å². The van der Waals surface area contributed by atoms with Crippen LogP contribution in [0.2, 0.25) is 19.6 Å². The van der Waals surface area contributed by atoms with Crippen molar-refractivity contribution in [1.82, 2.24) is 0 Å². The molecule has 0 amide bonds. The van der Waals surface area contributed by atoms with Gasteiger partial charge >= 0.3 is 0 Å². The van der Waals surface area contributed by atoms with Crippen LogP contribution >= 0.6 is 0 Å². The summed E-state index contributed by atoms with van der Waals surface area (Å²) in [5, 5.41) is 14.2. The molecule has 0 saturated heterocycles. The third kappa shape index (κ3) is 9.89. The fraction of sp³-hybridized carbons (Fsp3) is 0.0361. The molecule has 0 atom stereocenters. The Balaban J connectivity index is 0.000000149. The minimum absolute atomic E-state index is 1.23. The average Bonchev–Trinajstić information content (AvgIpc) is 2.40. The fourth-order valence-electron chi connectivity index (χ4n) is 12.8. The summed E-state index contributed by atoms with van der Waals surface area (Å²) in [6.45, 7) is 7.23. The first-order chi connectivity index (χ1) is 41.3. The van der Waals surface area contributed by atoms with Gasteiger partial charge < -0.3 is 0 Å². The topological polar surface area (TPSA) is 0 Å². The minimum atomic E-state index is -1.38. The average molecular weight is 1090 g/mol. The predicted molar refractivity (Wildman–Crippen MR) is 367 cm³/mol. The zero-order valence-electron chi connectivity index (χ0n) is 47.6. The first kappa shape index (κ1) is 51.9. The summed E-state index contributed by atoms with van der Waals surface area (Å²) in [5.41, 5.74) is 20.1. The van der Waals surface area contributed by atoms with Crippen molar-refractivity contribution in [3.63, 3.8) is 0 Å². The Kier molecular flexibility index (Phi) is 13.8. The second-order valence-electron chi connectivity index (χ2n) is 23.1. The molecule has 0 fully saturated rings. The van der Waals surface area contributed by atoms with Crippen LogP contribution in [0.15, 0.2) is 322 Å². The molecule has 0 radical (unpaired) electrons. The van der Waals surface area contributed by atoms with Crippen molar-refractivity contribution in [2.24, 2.45) is 0 Å². The van der Waals surface area contributed by atoms with Gasteiger partial charge in [-0.2, -0.15) is 0 Å². The van der Waals surface area contributed by atoms with Crippen LogP contribution in [0.3, 0.4) is 0 Å². The Hall–Kier alpha value is -10.2. The molecular formula is C83H62Si. The summed E-state index contributed by atoms with van der Waals surface area (Å²) in [7, 11) is -1.38. The van der Waals surface area contributed by atoms with E-state index in [1.165, 1.54) is 148 Å². The Morgan fingerprint density at radius 3 is 0.905 bits per heavy atom. The molecule has 0 spiro atoms. The third-order valence-electron chi connectivity index (χ3n) is 16.9. The molecule has 1 heteroatoms. The lowest BCUT2D eigenvalue weighted by atomic mass is 9.85. The van der Waals surface area contributed by atoms with Gasteiger partial charge in [-0.1, -0.05) is 334 Å². The lowest BCUT2D eigenvalue weighted by Crippen LogP contribution is -2.37. The van der Waals surface area contributed by atoms with E-state index >= 15 is 0 Å². The number of benzene rings is 15. The van der Waals surface area contributed by atoms with Crippen LogP contribution in [0, 0.1) is 0 Å². The van der Waals surface area contributed by atoms with Crippen molar-refractivity contribution in [1.29, 1.82) is 0 Å². The monoisotopic (exact) mass is 1090 g/mol. The number of hydrogen-bond donors (Lipinski definition) is 0. The molecule has 0 nitrogen and oxygen atoms in total. The fourth-order valence-corrected chi connectivity index (χ4v) is 13.9. The summed E-state index contributed by atoms with van der Waals surface area (Å²) in [5.74, 6) is 0. The molecule has 15 aromatic rings. The number of rotatable bonds is 9. The van der Waals surface area contributed by atoms with Crippen LogP contribution in [-0.4, -0.2) is 8.07 Å². The van der Waals surface area contributed by atoms with E-state index in [9.17, 15) is 0 Å². The van der Waals surface area contributed by atoms with Gasteiger partial charge in [-0.3, -0.25) is 0 Å². The molecule has 0 aromatic heterocycles. The first-order valence-electron chi connectivity index (χ1n) is 29.3. The van der Waals surface area contributed by atoms with Crippen molar-refractivity contribution in [2.45, 2.75) is 19.6 Å². The predicted octanol–water partition coefficient (Wildman–Crippen LogP) is 23.0. The SMILES string of the molecule is C[Si](C)(C)c1cccc(-c2ccc(-c3c4ccccc4c(-c4cccc(-c5ccccc5)c4)c4ccccc34)cc2)c1.c1ccc(-c2ccc(-c3c4ccccc4c(-c4cccc(-c5cccc6ccccc56)c4)c4ccccc34)cc2)cc1. The van der Waals surface area contributed by atoms with Gasteiger partial charge in [0.1, 0.15) is 0 Å². The Labute approximate surface area is 494 Å². The lowest BCUT2D eigenvalue weighted by Gasteiger charge is -2.19. The van der Waals surface area contributed by atoms with Crippen LogP contribution < -0.4 is 5.19 Å². The molecular weight excluding hydrogens is 1020 g/mol. The summed E-state index contributed by atoms with van der Waals surface area (Å²) in [4.78, 5) is 0. The molecule has 0 aliphatic carbocycles. The summed E-state index contributed by atoms with van der Waals surface area (Å²) in [6, 6.07) is 117. The van der Waals surface area contributed by atoms with E-state index in [1.54, 1.807) is 0 Å². The van der Waals surface area contributed by atoms with E-state index in [4.69, 9.17) is 0 Å².